The summed E-state index contributed by atoms with van der Waals surface area (Å²) in [6.07, 6.45) is 3.64. The van der Waals surface area contributed by atoms with E-state index in [-0.39, 0.29) is 0 Å². The SMILES string of the molecule is CC(C)c1cnn2c(NCc3nccs3)cc(Cl)nc12. The van der Waals surface area contributed by atoms with E-state index in [1.165, 1.54) is 0 Å². The Bertz CT molecular complexity index is 720. The molecule has 3 rings (SSSR count). The number of anilines is 1. The average Bonchev–Trinajstić information content (AvgIpc) is 3.04. The van der Waals surface area contributed by atoms with Gasteiger partial charge < -0.3 is 5.32 Å². The third kappa shape index (κ3) is 2.48. The van der Waals surface area contributed by atoms with Gasteiger partial charge in [0.25, 0.3) is 0 Å². The van der Waals surface area contributed by atoms with Crippen LogP contribution in [0.2, 0.25) is 5.15 Å². The average molecular weight is 308 g/mol. The minimum atomic E-state index is 0.352. The smallest absolute Gasteiger partial charge is 0.162 e. The molecule has 0 aliphatic rings. The number of fused-ring (bicyclic) bond motifs is 1. The molecular weight excluding hydrogens is 294 g/mol. The van der Waals surface area contributed by atoms with E-state index in [1.54, 1.807) is 28.1 Å². The Kier molecular flexibility index (Phi) is 3.58. The molecule has 0 aliphatic carbocycles. The van der Waals surface area contributed by atoms with Gasteiger partial charge in [0, 0.05) is 23.2 Å². The molecule has 0 saturated heterocycles. The van der Waals surface area contributed by atoms with Crippen molar-refractivity contribution in [3.8, 4) is 0 Å². The van der Waals surface area contributed by atoms with Gasteiger partial charge in [0.2, 0.25) is 0 Å². The summed E-state index contributed by atoms with van der Waals surface area (Å²) in [4.78, 5) is 8.62. The predicted molar refractivity (Wildman–Crippen MR) is 81.5 cm³/mol. The van der Waals surface area contributed by atoms with Gasteiger partial charge in [-0.1, -0.05) is 25.4 Å². The normalized spacial score (nSPS) is 11.4. The number of rotatable bonds is 4. The van der Waals surface area contributed by atoms with Crippen molar-refractivity contribution in [2.75, 3.05) is 5.32 Å². The van der Waals surface area contributed by atoms with Crippen molar-refractivity contribution in [1.82, 2.24) is 19.6 Å². The van der Waals surface area contributed by atoms with Crippen LogP contribution in [-0.2, 0) is 6.54 Å². The first-order chi connectivity index (χ1) is 9.65. The Hall–Kier alpha value is -1.66. The molecule has 3 heterocycles. The lowest BCUT2D eigenvalue weighted by Gasteiger charge is -2.08. The van der Waals surface area contributed by atoms with Gasteiger partial charge in [0.15, 0.2) is 5.65 Å². The van der Waals surface area contributed by atoms with E-state index in [2.05, 4.69) is 34.2 Å². The largest absolute Gasteiger partial charge is 0.363 e. The standard InChI is InChI=1S/C13H14ClN5S/c1-8(2)9-6-17-19-11(5-10(14)18-13(9)19)16-7-12-15-3-4-20-12/h3-6,8,16H,7H2,1-2H3. The van der Waals surface area contributed by atoms with E-state index < -0.39 is 0 Å². The van der Waals surface area contributed by atoms with Crippen molar-refractivity contribution in [2.45, 2.75) is 26.3 Å². The lowest BCUT2D eigenvalue weighted by Crippen LogP contribution is -2.06. The van der Waals surface area contributed by atoms with Crippen LogP contribution >= 0.6 is 22.9 Å². The minimum Gasteiger partial charge on any atom is -0.363 e. The van der Waals surface area contributed by atoms with Gasteiger partial charge in [-0.05, 0) is 5.92 Å². The minimum absolute atomic E-state index is 0.352. The van der Waals surface area contributed by atoms with E-state index in [1.807, 2.05) is 11.6 Å². The van der Waals surface area contributed by atoms with Crippen LogP contribution in [0.15, 0.2) is 23.8 Å². The Morgan fingerprint density at radius 1 is 1.45 bits per heavy atom. The first kappa shape index (κ1) is 13.3. The molecule has 0 spiro atoms. The fourth-order valence-electron chi connectivity index (χ4n) is 1.99. The van der Waals surface area contributed by atoms with Gasteiger partial charge in [-0.3, -0.25) is 0 Å². The summed E-state index contributed by atoms with van der Waals surface area (Å²) in [5.41, 5.74) is 1.89. The highest BCUT2D eigenvalue weighted by Gasteiger charge is 2.13. The highest BCUT2D eigenvalue weighted by molar-refractivity contribution is 7.09. The fourth-order valence-corrected chi connectivity index (χ4v) is 2.73. The third-order valence-electron chi connectivity index (χ3n) is 2.99. The predicted octanol–water partition coefficient (Wildman–Crippen LogP) is 3.57. The Labute approximate surface area is 125 Å². The van der Waals surface area contributed by atoms with Crippen LogP contribution in [0.4, 0.5) is 5.82 Å². The summed E-state index contributed by atoms with van der Waals surface area (Å²) in [7, 11) is 0. The van der Waals surface area contributed by atoms with Gasteiger partial charge >= 0.3 is 0 Å². The molecule has 3 aromatic heterocycles. The zero-order valence-corrected chi connectivity index (χ0v) is 12.7. The number of aromatic nitrogens is 4. The number of nitrogens with one attached hydrogen (secondary N) is 1. The molecule has 0 unspecified atom stereocenters. The summed E-state index contributed by atoms with van der Waals surface area (Å²) in [5.74, 6) is 1.17. The summed E-state index contributed by atoms with van der Waals surface area (Å²) in [6, 6.07) is 1.78. The van der Waals surface area contributed by atoms with Crippen molar-refractivity contribution >= 4 is 34.4 Å². The molecule has 1 N–H and O–H groups in total. The monoisotopic (exact) mass is 307 g/mol. The van der Waals surface area contributed by atoms with Crippen molar-refractivity contribution < 1.29 is 0 Å². The first-order valence-electron chi connectivity index (χ1n) is 6.31. The third-order valence-corrected chi connectivity index (χ3v) is 3.97. The molecule has 20 heavy (non-hydrogen) atoms. The quantitative estimate of drug-likeness (QED) is 0.749. The number of hydrogen-bond donors (Lipinski definition) is 1. The molecule has 0 fully saturated rings. The second-order valence-electron chi connectivity index (χ2n) is 4.73. The maximum atomic E-state index is 6.11. The van der Waals surface area contributed by atoms with Crippen molar-refractivity contribution in [3.63, 3.8) is 0 Å². The molecule has 0 amide bonds. The maximum absolute atomic E-state index is 6.11. The van der Waals surface area contributed by atoms with E-state index in [0.717, 1.165) is 22.0 Å². The number of halogens is 1. The molecule has 0 aliphatic heterocycles. The van der Waals surface area contributed by atoms with Crippen molar-refractivity contribution in [2.24, 2.45) is 0 Å². The highest BCUT2D eigenvalue weighted by Crippen LogP contribution is 2.24. The van der Waals surface area contributed by atoms with Crippen LogP contribution in [-0.4, -0.2) is 19.6 Å². The zero-order valence-electron chi connectivity index (χ0n) is 11.2. The van der Waals surface area contributed by atoms with Gasteiger partial charge in [-0.25, -0.2) is 9.97 Å². The van der Waals surface area contributed by atoms with Crippen LogP contribution < -0.4 is 5.32 Å². The fraction of sp³-hybridized carbons (Fsp3) is 0.308. The highest BCUT2D eigenvalue weighted by atomic mass is 35.5. The van der Waals surface area contributed by atoms with Crippen LogP contribution in [0.25, 0.3) is 5.65 Å². The van der Waals surface area contributed by atoms with Crippen LogP contribution in [0, 0.1) is 0 Å². The molecule has 0 aromatic carbocycles. The number of hydrogen-bond acceptors (Lipinski definition) is 5. The van der Waals surface area contributed by atoms with Crippen LogP contribution in [0.1, 0.15) is 30.3 Å². The maximum Gasteiger partial charge on any atom is 0.162 e. The van der Waals surface area contributed by atoms with Gasteiger partial charge in [0.1, 0.15) is 16.0 Å². The summed E-state index contributed by atoms with van der Waals surface area (Å²) >= 11 is 7.72. The Morgan fingerprint density at radius 2 is 2.30 bits per heavy atom. The summed E-state index contributed by atoms with van der Waals surface area (Å²) in [5, 5.41) is 11.1. The van der Waals surface area contributed by atoms with Crippen molar-refractivity contribution in [3.05, 3.63) is 39.6 Å². The summed E-state index contributed by atoms with van der Waals surface area (Å²) in [6.45, 7) is 4.87. The van der Waals surface area contributed by atoms with E-state index in [4.69, 9.17) is 11.6 Å². The molecule has 3 aromatic rings. The molecule has 0 saturated carbocycles. The van der Waals surface area contributed by atoms with Crippen LogP contribution in [0.5, 0.6) is 0 Å². The molecular formula is C13H14ClN5S. The molecule has 0 bridgehead atoms. The van der Waals surface area contributed by atoms with Gasteiger partial charge in [-0.15, -0.1) is 11.3 Å². The number of thiazole rings is 1. The molecule has 104 valence electrons. The first-order valence-corrected chi connectivity index (χ1v) is 7.57. The lowest BCUT2D eigenvalue weighted by molar-refractivity contribution is 0.871. The lowest BCUT2D eigenvalue weighted by atomic mass is 10.1. The second-order valence-corrected chi connectivity index (χ2v) is 6.10. The Balaban J connectivity index is 1.97. The van der Waals surface area contributed by atoms with E-state index >= 15 is 0 Å². The van der Waals surface area contributed by atoms with E-state index in [0.29, 0.717) is 17.6 Å². The zero-order chi connectivity index (χ0) is 14.1. The Morgan fingerprint density at radius 3 is 3.00 bits per heavy atom. The molecule has 7 heteroatoms. The van der Waals surface area contributed by atoms with Gasteiger partial charge in [0.05, 0.1) is 12.7 Å². The van der Waals surface area contributed by atoms with Crippen molar-refractivity contribution in [1.29, 1.82) is 0 Å². The molecule has 0 atom stereocenters. The summed E-state index contributed by atoms with van der Waals surface area (Å²) < 4.78 is 1.79. The molecule has 0 radical (unpaired) electrons. The van der Waals surface area contributed by atoms with Crippen LogP contribution in [0.3, 0.4) is 0 Å². The number of nitrogens with zero attached hydrogens (tertiary/aromatic N) is 4. The topological polar surface area (TPSA) is 55.1 Å². The van der Waals surface area contributed by atoms with Gasteiger partial charge in [-0.2, -0.15) is 9.61 Å². The van der Waals surface area contributed by atoms with E-state index in [9.17, 15) is 0 Å². The molecule has 5 nitrogen and oxygen atoms in total. The second kappa shape index (κ2) is 5.38.